The highest BCUT2D eigenvalue weighted by Crippen LogP contribution is 2.45. The van der Waals surface area contributed by atoms with Gasteiger partial charge in [-0.3, -0.25) is 4.90 Å². The number of aromatic nitrogens is 1. The number of halogens is 5. The molecule has 2 heterocycles. The average Bonchev–Trinajstić information content (AvgIpc) is 3.00. The summed E-state index contributed by atoms with van der Waals surface area (Å²) in [7, 11) is -1.54. The third kappa shape index (κ3) is 4.90. The van der Waals surface area contributed by atoms with Crippen molar-refractivity contribution in [3.8, 4) is 11.6 Å². The van der Waals surface area contributed by atoms with Crippen molar-refractivity contribution < 1.29 is 44.4 Å². The first-order chi connectivity index (χ1) is 14.8. The zero-order valence-corrected chi connectivity index (χ0v) is 18.9. The molecule has 1 aliphatic rings. The Bertz CT molecular complexity index is 1130. The van der Waals surface area contributed by atoms with Crippen LogP contribution in [-0.4, -0.2) is 58.0 Å². The van der Waals surface area contributed by atoms with Crippen molar-refractivity contribution in [3.63, 3.8) is 0 Å². The molecular weight excluding hydrogens is 484 g/mol. The number of rotatable bonds is 5. The minimum Gasteiger partial charge on any atom is -0.495 e. The molecule has 0 N–H and O–H groups in total. The maximum Gasteiger partial charge on any atom is 0.534 e. The number of methoxy groups -OCH3 is 2. The molecule has 1 aliphatic heterocycles. The van der Waals surface area contributed by atoms with Crippen LogP contribution in [0, 0.1) is 5.82 Å². The normalized spacial score (nSPS) is 16.3. The number of fused-ring (bicyclic) bond motifs is 3. The van der Waals surface area contributed by atoms with Crippen molar-refractivity contribution in [1.29, 1.82) is 0 Å². The number of hydrogen-bond donors (Lipinski definition) is 0. The van der Waals surface area contributed by atoms with E-state index < -0.39 is 37.9 Å². The van der Waals surface area contributed by atoms with Crippen molar-refractivity contribution in [1.82, 2.24) is 9.88 Å². The number of alkyl halides is 3. The molecule has 3 rings (SSSR count). The van der Waals surface area contributed by atoms with Gasteiger partial charge >= 0.3 is 15.6 Å². The van der Waals surface area contributed by atoms with E-state index in [-0.39, 0.29) is 35.9 Å². The van der Waals surface area contributed by atoms with Crippen LogP contribution >= 0.6 is 11.6 Å². The highest BCUT2D eigenvalue weighted by atomic mass is 35.5. The summed E-state index contributed by atoms with van der Waals surface area (Å²) in [5, 5.41) is -0.182. The van der Waals surface area contributed by atoms with E-state index in [9.17, 15) is 30.8 Å². The second kappa shape index (κ2) is 9.73. The van der Waals surface area contributed by atoms with E-state index >= 15 is 0 Å². The fourth-order valence-electron chi connectivity index (χ4n) is 3.03. The minimum atomic E-state index is -5.97. The molecule has 1 aromatic heterocycles. The summed E-state index contributed by atoms with van der Waals surface area (Å²) in [6, 6.07) is 1.04. The number of nitrogens with zero attached hydrogens (tertiary/aromatic N) is 2. The SMILES string of the molecule is COCC=O.COc1cc2c3c(c(OS(=O)(=O)C(F)(F)F)nc2c(F)c1Cl)CN(C)[C@H]3C. The number of ether oxygens (including phenoxy) is 2. The monoisotopic (exact) mass is 502 g/mol. The summed E-state index contributed by atoms with van der Waals surface area (Å²) >= 11 is 5.86. The zero-order chi connectivity index (χ0) is 24.4. The van der Waals surface area contributed by atoms with Gasteiger partial charge in [0.15, 0.2) is 5.82 Å². The Balaban J connectivity index is 0.000000654. The van der Waals surface area contributed by atoms with Crippen molar-refractivity contribution >= 4 is 38.9 Å². The molecule has 8 nitrogen and oxygen atoms in total. The number of benzene rings is 1. The molecule has 0 saturated carbocycles. The Hall–Kier alpha value is -2.22. The fourth-order valence-corrected chi connectivity index (χ4v) is 3.69. The van der Waals surface area contributed by atoms with Gasteiger partial charge in [-0.25, -0.2) is 9.37 Å². The van der Waals surface area contributed by atoms with Gasteiger partial charge in [0.1, 0.15) is 29.2 Å². The van der Waals surface area contributed by atoms with E-state index in [2.05, 4.69) is 13.9 Å². The Kier molecular flexibility index (Phi) is 7.92. The lowest BCUT2D eigenvalue weighted by Crippen LogP contribution is -2.28. The summed E-state index contributed by atoms with van der Waals surface area (Å²) < 4.78 is 89.3. The van der Waals surface area contributed by atoms with Crippen LogP contribution in [0.2, 0.25) is 5.02 Å². The quantitative estimate of drug-likeness (QED) is 0.265. The van der Waals surface area contributed by atoms with Crippen LogP contribution in [0.3, 0.4) is 0 Å². The van der Waals surface area contributed by atoms with E-state index in [1.165, 1.54) is 20.3 Å². The smallest absolute Gasteiger partial charge is 0.495 e. The molecule has 0 radical (unpaired) electrons. The molecule has 0 saturated heterocycles. The fraction of sp³-hybridized carbons (Fsp3) is 0.444. The molecule has 14 heteroatoms. The van der Waals surface area contributed by atoms with E-state index in [1.54, 1.807) is 18.9 Å². The van der Waals surface area contributed by atoms with Crippen LogP contribution in [0.25, 0.3) is 10.9 Å². The van der Waals surface area contributed by atoms with E-state index in [0.717, 1.165) is 0 Å². The highest BCUT2D eigenvalue weighted by Gasteiger charge is 2.49. The van der Waals surface area contributed by atoms with Crippen LogP contribution in [-0.2, 0) is 26.2 Å². The van der Waals surface area contributed by atoms with Gasteiger partial charge in [-0.05, 0) is 25.6 Å². The number of aldehydes is 1. The molecule has 2 aromatic rings. The third-order valence-electron chi connectivity index (χ3n) is 4.65. The van der Waals surface area contributed by atoms with Crippen molar-refractivity contribution in [2.75, 3.05) is 27.9 Å². The predicted octanol–water partition coefficient (Wildman–Crippen LogP) is 3.60. The Morgan fingerprint density at radius 1 is 1.34 bits per heavy atom. The third-order valence-corrected chi connectivity index (χ3v) is 5.94. The lowest BCUT2D eigenvalue weighted by Gasteiger charge is -2.17. The summed E-state index contributed by atoms with van der Waals surface area (Å²) in [5.74, 6) is -1.86. The molecule has 0 fully saturated rings. The molecule has 32 heavy (non-hydrogen) atoms. The van der Waals surface area contributed by atoms with Gasteiger partial charge in [0.25, 0.3) is 0 Å². The van der Waals surface area contributed by atoms with Crippen LogP contribution in [0.15, 0.2) is 6.07 Å². The molecule has 1 atom stereocenters. The molecule has 178 valence electrons. The summed E-state index contributed by atoms with van der Waals surface area (Å²) in [5.41, 5.74) is -5.55. The van der Waals surface area contributed by atoms with Crippen molar-refractivity contribution in [2.24, 2.45) is 0 Å². The first kappa shape index (κ1) is 26.0. The van der Waals surface area contributed by atoms with E-state index in [0.29, 0.717) is 11.8 Å². The summed E-state index contributed by atoms with van der Waals surface area (Å²) in [6.07, 6.45) is 0.708. The number of carbonyl (C=O) groups excluding carboxylic acids is 1. The number of carbonyl (C=O) groups is 1. The van der Waals surface area contributed by atoms with Gasteiger partial charge in [-0.2, -0.15) is 21.6 Å². The first-order valence-electron chi connectivity index (χ1n) is 8.82. The van der Waals surface area contributed by atoms with Gasteiger partial charge in [0.2, 0.25) is 5.88 Å². The van der Waals surface area contributed by atoms with Gasteiger partial charge in [-0.15, -0.1) is 0 Å². The van der Waals surface area contributed by atoms with E-state index in [1.807, 2.05) is 0 Å². The molecule has 0 unspecified atom stereocenters. The maximum absolute atomic E-state index is 14.7. The van der Waals surface area contributed by atoms with Gasteiger partial charge in [0, 0.05) is 30.6 Å². The standard InChI is InChI=1S/C15H13ClF4N2O4S.C3H6O2/c1-6-10-7-4-9(25-3)11(16)12(17)13(7)21-14(8(10)5-22(6)2)26-27(23,24)15(18,19)20;1-5-3-2-4/h4,6H,5H2,1-3H3;2H,3H2,1H3/t6-;/m0./s1. The topological polar surface area (TPSA) is 95.0 Å². The molecule has 1 aromatic carbocycles. The number of pyridine rings is 1. The second-order valence-electron chi connectivity index (χ2n) is 6.61. The van der Waals surface area contributed by atoms with Crippen LogP contribution < -0.4 is 8.92 Å². The number of hydrogen-bond acceptors (Lipinski definition) is 8. The molecule has 0 bridgehead atoms. The molecule has 0 amide bonds. The molecule has 0 aliphatic carbocycles. The minimum absolute atomic E-state index is 0.0176. The Morgan fingerprint density at radius 3 is 2.44 bits per heavy atom. The van der Waals surface area contributed by atoms with Gasteiger partial charge in [-0.1, -0.05) is 11.6 Å². The van der Waals surface area contributed by atoms with E-state index in [4.69, 9.17) is 16.3 Å². The Morgan fingerprint density at radius 2 is 1.97 bits per heavy atom. The zero-order valence-electron chi connectivity index (χ0n) is 17.3. The Labute approximate surface area is 186 Å². The second-order valence-corrected chi connectivity index (χ2v) is 8.52. The van der Waals surface area contributed by atoms with Crippen LogP contribution in [0.4, 0.5) is 17.6 Å². The average molecular weight is 503 g/mol. The summed E-state index contributed by atoms with van der Waals surface area (Å²) in [6.45, 7) is 2.00. The summed E-state index contributed by atoms with van der Waals surface area (Å²) in [4.78, 5) is 14.7. The van der Waals surface area contributed by atoms with Gasteiger partial charge < -0.3 is 18.5 Å². The molecule has 0 spiro atoms. The van der Waals surface area contributed by atoms with Crippen LogP contribution in [0.1, 0.15) is 24.1 Å². The lowest BCUT2D eigenvalue weighted by atomic mass is 10.0. The van der Waals surface area contributed by atoms with Crippen LogP contribution in [0.5, 0.6) is 11.6 Å². The maximum atomic E-state index is 14.7. The largest absolute Gasteiger partial charge is 0.534 e. The lowest BCUT2D eigenvalue weighted by molar-refractivity contribution is -0.110. The molecular formula is C18H19ClF4N2O6S. The van der Waals surface area contributed by atoms with Crippen molar-refractivity contribution in [2.45, 2.75) is 25.0 Å². The van der Waals surface area contributed by atoms with Crippen molar-refractivity contribution in [3.05, 3.63) is 28.0 Å². The first-order valence-corrected chi connectivity index (χ1v) is 10.6. The predicted molar refractivity (Wildman–Crippen MR) is 107 cm³/mol. The highest BCUT2D eigenvalue weighted by molar-refractivity contribution is 7.87. The van der Waals surface area contributed by atoms with Gasteiger partial charge in [0.05, 0.1) is 7.11 Å².